The Morgan fingerprint density at radius 1 is 1.17 bits per heavy atom. The number of nitrogens with two attached hydrogens (primary N) is 1. The molecule has 0 saturated heterocycles. The van der Waals surface area contributed by atoms with Gasteiger partial charge in [0, 0.05) is 5.56 Å². The van der Waals surface area contributed by atoms with Crippen molar-refractivity contribution in [2.45, 2.75) is 0 Å². The highest BCUT2D eigenvalue weighted by molar-refractivity contribution is 6.31. The molecule has 0 aliphatic carbocycles. The third kappa shape index (κ3) is 3.78. The van der Waals surface area contributed by atoms with E-state index in [1.165, 1.54) is 38.5 Å². The van der Waals surface area contributed by atoms with E-state index in [0.717, 1.165) is 0 Å². The van der Waals surface area contributed by atoms with Crippen molar-refractivity contribution in [1.82, 2.24) is 0 Å². The summed E-state index contributed by atoms with van der Waals surface area (Å²) in [4.78, 5) is 15.8. The number of amidine groups is 1. The number of nitrogens with zero attached hydrogens (tertiary/aromatic N) is 1. The lowest BCUT2D eigenvalue weighted by molar-refractivity contribution is 0.0600. The van der Waals surface area contributed by atoms with Crippen LogP contribution < -0.4 is 10.5 Å². The Labute approximate surface area is 137 Å². The Bertz CT molecular complexity index is 778. The number of hydrogen-bond donors (Lipinski definition) is 1. The summed E-state index contributed by atoms with van der Waals surface area (Å²) in [6, 6.07) is 8.64. The standard InChI is InChI=1S/C16H14ClFN2O3/c1-22-14-6-4-10(16(21)23-2)8-13(14)20-15(19)9-3-5-12(18)11(17)7-9/h3-8H,1-2H3,(H2,19,20). The third-order valence-corrected chi connectivity index (χ3v) is 3.35. The second-order valence-corrected chi connectivity index (χ2v) is 4.91. The van der Waals surface area contributed by atoms with Gasteiger partial charge in [0.15, 0.2) is 0 Å². The summed E-state index contributed by atoms with van der Waals surface area (Å²) < 4.78 is 23.1. The predicted octanol–water partition coefficient (Wildman–Crippen LogP) is 3.31. The minimum atomic E-state index is -0.548. The minimum absolute atomic E-state index is 0.0593. The van der Waals surface area contributed by atoms with Crippen LogP contribution >= 0.6 is 11.6 Å². The quantitative estimate of drug-likeness (QED) is 0.528. The summed E-state index contributed by atoms with van der Waals surface area (Å²) in [5.41, 5.74) is 7.02. The second-order valence-electron chi connectivity index (χ2n) is 4.50. The first kappa shape index (κ1) is 16.8. The average molecular weight is 337 g/mol. The Morgan fingerprint density at radius 2 is 1.87 bits per heavy atom. The summed E-state index contributed by atoms with van der Waals surface area (Å²) in [7, 11) is 2.75. The molecule has 0 radical (unpaired) electrons. The molecule has 0 amide bonds. The van der Waals surface area contributed by atoms with Crippen molar-refractivity contribution in [3.63, 3.8) is 0 Å². The van der Waals surface area contributed by atoms with Gasteiger partial charge < -0.3 is 15.2 Å². The lowest BCUT2D eigenvalue weighted by atomic mass is 10.1. The number of halogens is 2. The maximum absolute atomic E-state index is 13.2. The van der Waals surface area contributed by atoms with Crippen molar-refractivity contribution >= 4 is 29.1 Å². The molecule has 5 nitrogen and oxygen atoms in total. The first-order chi connectivity index (χ1) is 11.0. The normalized spacial score (nSPS) is 11.2. The highest BCUT2D eigenvalue weighted by Crippen LogP contribution is 2.29. The molecule has 0 fully saturated rings. The van der Waals surface area contributed by atoms with Gasteiger partial charge in [0.1, 0.15) is 23.1 Å². The molecule has 23 heavy (non-hydrogen) atoms. The van der Waals surface area contributed by atoms with E-state index in [1.807, 2.05) is 0 Å². The maximum Gasteiger partial charge on any atom is 0.337 e. The van der Waals surface area contributed by atoms with Crippen molar-refractivity contribution in [2.75, 3.05) is 14.2 Å². The number of carbonyl (C=O) groups is 1. The molecular weight excluding hydrogens is 323 g/mol. The van der Waals surface area contributed by atoms with Gasteiger partial charge in [-0.2, -0.15) is 0 Å². The monoisotopic (exact) mass is 336 g/mol. The molecule has 0 spiro atoms. The van der Waals surface area contributed by atoms with Crippen LogP contribution in [0.25, 0.3) is 0 Å². The van der Waals surface area contributed by atoms with E-state index >= 15 is 0 Å². The molecule has 0 heterocycles. The van der Waals surface area contributed by atoms with Crippen LogP contribution in [0, 0.1) is 5.82 Å². The van der Waals surface area contributed by atoms with Crippen LogP contribution in [0.5, 0.6) is 5.75 Å². The van der Waals surface area contributed by atoms with Crippen LogP contribution in [0.4, 0.5) is 10.1 Å². The van der Waals surface area contributed by atoms with Gasteiger partial charge in [0.25, 0.3) is 0 Å². The Morgan fingerprint density at radius 3 is 2.48 bits per heavy atom. The average Bonchev–Trinajstić information content (AvgIpc) is 2.56. The van der Waals surface area contributed by atoms with Crippen molar-refractivity contribution < 1.29 is 18.7 Å². The Balaban J connectivity index is 2.46. The SMILES string of the molecule is COC(=O)c1ccc(OC)c(N=C(N)c2ccc(F)c(Cl)c2)c1. The van der Waals surface area contributed by atoms with Crippen molar-refractivity contribution in [2.24, 2.45) is 10.7 Å². The van der Waals surface area contributed by atoms with Crippen molar-refractivity contribution in [3.8, 4) is 5.75 Å². The van der Waals surface area contributed by atoms with Crippen molar-refractivity contribution in [3.05, 3.63) is 58.4 Å². The van der Waals surface area contributed by atoms with Gasteiger partial charge in [-0.3, -0.25) is 0 Å². The minimum Gasteiger partial charge on any atom is -0.494 e. The molecule has 0 saturated carbocycles. The molecule has 0 unspecified atom stereocenters. The van der Waals surface area contributed by atoms with Gasteiger partial charge in [-0.15, -0.1) is 0 Å². The van der Waals surface area contributed by atoms with Crippen molar-refractivity contribution in [1.29, 1.82) is 0 Å². The van der Waals surface area contributed by atoms with Crippen LogP contribution in [0.15, 0.2) is 41.4 Å². The fourth-order valence-corrected chi connectivity index (χ4v) is 2.05. The zero-order valence-electron chi connectivity index (χ0n) is 12.5. The van der Waals surface area contributed by atoms with E-state index < -0.39 is 11.8 Å². The fourth-order valence-electron chi connectivity index (χ4n) is 1.87. The summed E-state index contributed by atoms with van der Waals surface area (Å²) in [5, 5.41) is -0.0593. The molecule has 0 atom stereocenters. The lowest BCUT2D eigenvalue weighted by Crippen LogP contribution is -2.13. The molecule has 0 aliphatic heterocycles. The highest BCUT2D eigenvalue weighted by atomic mass is 35.5. The summed E-state index contributed by atoms with van der Waals surface area (Å²) in [6.07, 6.45) is 0. The lowest BCUT2D eigenvalue weighted by Gasteiger charge is -2.08. The van der Waals surface area contributed by atoms with Gasteiger partial charge in [-0.05, 0) is 36.4 Å². The van der Waals surface area contributed by atoms with Crippen LogP contribution in [0.1, 0.15) is 15.9 Å². The highest BCUT2D eigenvalue weighted by Gasteiger charge is 2.11. The third-order valence-electron chi connectivity index (χ3n) is 3.06. The summed E-state index contributed by atoms with van der Waals surface area (Å²) in [5.74, 6) is -0.526. The zero-order chi connectivity index (χ0) is 17.0. The number of hydrogen-bond acceptors (Lipinski definition) is 4. The van der Waals surface area contributed by atoms with Crippen LogP contribution in [0.2, 0.25) is 5.02 Å². The van der Waals surface area contributed by atoms with Gasteiger partial charge in [-0.1, -0.05) is 11.6 Å². The van der Waals surface area contributed by atoms with Gasteiger partial charge in [0.05, 0.1) is 24.8 Å². The molecule has 0 bridgehead atoms. The van der Waals surface area contributed by atoms with E-state index in [9.17, 15) is 9.18 Å². The molecule has 7 heteroatoms. The number of aliphatic imine (C=N–C) groups is 1. The molecule has 120 valence electrons. The topological polar surface area (TPSA) is 73.9 Å². The van der Waals surface area contributed by atoms with E-state index in [1.54, 1.807) is 12.1 Å². The number of carbonyl (C=O) groups excluding carboxylic acids is 1. The molecule has 2 rings (SSSR count). The molecule has 0 aromatic heterocycles. The van der Waals surface area contributed by atoms with Gasteiger partial charge in [0.2, 0.25) is 0 Å². The molecule has 2 aromatic rings. The van der Waals surface area contributed by atoms with Crippen LogP contribution in [0.3, 0.4) is 0 Å². The first-order valence-corrected chi connectivity index (χ1v) is 6.90. The number of ether oxygens (including phenoxy) is 2. The number of esters is 1. The number of methoxy groups -OCH3 is 2. The summed E-state index contributed by atoms with van der Waals surface area (Å²) in [6.45, 7) is 0. The van der Waals surface area contributed by atoms with E-state index in [2.05, 4.69) is 9.73 Å². The fraction of sp³-hybridized carbons (Fsp3) is 0.125. The van der Waals surface area contributed by atoms with E-state index in [0.29, 0.717) is 22.6 Å². The number of benzene rings is 2. The summed E-state index contributed by atoms with van der Waals surface area (Å²) >= 11 is 5.73. The van der Waals surface area contributed by atoms with E-state index in [-0.39, 0.29) is 10.9 Å². The van der Waals surface area contributed by atoms with Crippen LogP contribution in [-0.4, -0.2) is 26.0 Å². The smallest absolute Gasteiger partial charge is 0.337 e. The van der Waals surface area contributed by atoms with Gasteiger partial charge in [-0.25, -0.2) is 14.2 Å². The molecule has 2 aromatic carbocycles. The van der Waals surface area contributed by atoms with Crippen LogP contribution in [-0.2, 0) is 4.74 Å². The molecule has 0 aliphatic rings. The first-order valence-electron chi connectivity index (χ1n) is 6.52. The number of rotatable bonds is 4. The van der Waals surface area contributed by atoms with E-state index in [4.69, 9.17) is 22.1 Å². The Kier molecular flexibility index (Phi) is 5.18. The predicted molar refractivity (Wildman–Crippen MR) is 86.1 cm³/mol. The zero-order valence-corrected chi connectivity index (χ0v) is 13.2. The second kappa shape index (κ2) is 7.11. The molecular formula is C16H14ClFN2O3. The largest absolute Gasteiger partial charge is 0.494 e. The Hall–Kier alpha value is -2.60. The molecule has 2 N–H and O–H groups in total. The van der Waals surface area contributed by atoms with Gasteiger partial charge >= 0.3 is 5.97 Å². The maximum atomic E-state index is 13.2.